The molecule has 2 aliphatic rings. The molecular formula is C19H28N2O. The van der Waals surface area contributed by atoms with Crippen LogP contribution in [0.1, 0.15) is 38.5 Å². The largest absolute Gasteiger partial charge is 0.371 e. The van der Waals surface area contributed by atoms with Crippen LogP contribution in [0, 0.1) is 5.41 Å². The summed E-state index contributed by atoms with van der Waals surface area (Å²) in [6, 6.07) is 10.8. The normalized spacial score (nSPS) is 23.0. The average molecular weight is 300 g/mol. The highest BCUT2D eigenvalue weighted by atomic mass is 16.1. The van der Waals surface area contributed by atoms with Crippen molar-refractivity contribution in [3.8, 4) is 0 Å². The van der Waals surface area contributed by atoms with Gasteiger partial charge in [0.1, 0.15) is 6.29 Å². The highest BCUT2D eigenvalue weighted by Crippen LogP contribution is 2.42. The molecule has 0 radical (unpaired) electrons. The summed E-state index contributed by atoms with van der Waals surface area (Å²) in [4.78, 5) is 15.6. The first-order chi connectivity index (χ1) is 10.8. The van der Waals surface area contributed by atoms with Crippen LogP contribution in [-0.4, -0.2) is 43.9 Å². The van der Waals surface area contributed by atoms with Crippen LogP contribution in [0.15, 0.2) is 30.3 Å². The van der Waals surface area contributed by atoms with Gasteiger partial charge in [0, 0.05) is 18.8 Å². The van der Waals surface area contributed by atoms with Gasteiger partial charge in [0.2, 0.25) is 0 Å². The van der Waals surface area contributed by atoms with Crippen molar-refractivity contribution in [3.63, 3.8) is 0 Å². The van der Waals surface area contributed by atoms with Crippen LogP contribution >= 0.6 is 0 Å². The predicted octanol–water partition coefficient (Wildman–Crippen LogP) is 3.35. The van der Waals surface area contributed by atoms with E-state index >= 15 is 0 Å². The fourth-order valence-electron chi connectivity index (χ4n) is 4.26. The van der Waals surface area contributed by atoms with Crippen LogP contribution in [0.3, 0.4) is 0 Å². The van der Waals surface area contributed by atoms with Gasteiger partial charge in [-0.3, -0.25) is 4.90 Å². The van der Waals surface area contributed by atoms with E-state index in [4.69, 9.17) is 0 Å². The van der Waals surface area contributed by atoms with Crippen molar-refractivity contribution in [2.45, 2.75) is 38.5 Å². The van der Waals surface area contributed by atoms with Gasteiger partial charge in [0.15, 0.2) is 0 Å². The van der Waals surface area contributed by atoms with Gasteiger partial charge in [-0.2, -0.15) is 0 Å². The second kappa shape index (κ2) is 7.28. The summed E-state index contributed by atoms with van der Waals surface area (Å²) >= 11 is 0. The van der Waals surface area contributed by atoms with Gasteiger partial charge < -0.3 is 9.69 Å². The summed E-state index contributed by atoms with van der Waals surface area (Å²) in [5, 5.41) is 0. The number of benzene rings is 1. The summed E-state index contributed by atoms with van der Waals surface area (Å²) < 4.78 is 0. The van der Waals surface area contributed by atoms with E-state index < -0.39 is 0 Å². The molecule has 0 atom stereocenters. The van der Waals surface area contributed by atoms with E-state index in [1.807, 2.05) is 0 Å². The van der Waals surface area contributed by atoms with Crippen molar-refractivity contribution in [3.05, 3.63) is 30.3 Å². The molecule has 0 N–H and O–H groups in total. The van der Waals surface area contributed by atoms with Crippen LogP contribution in [0.25, 0.3) is 0 Å². The van der Waals surface area contributed by atoms with Gasteiger partial charge >= 0.3 is 0 Å². The molecule has 1 spiro atoms. The molecule has 0 aromatic heterocycles. The first-order valence-corrected chi connectivity index (χ1v) is 8.77. The van der Waals surface area contributed by atoms with Crippen molar-refractivity contribution in [1.82, 2.24) is 4.90 Å². The molecule has 0 unspecified atom stereocenters. The van der Waals surface area contributed by atoms with Crippen LogP contribution in [0.4, 0.5) is 5.69 Å². The number of likely N-dealkylation sites (tertiary alicyclic amines) is 1. The number of aldehydes is 1. The second-order valence-corrected chi connectivity index (χ2v) is 7.00. The summed E-state index contributed by atoms with van der Waals surface area (Å²) in [5.74, 6) is 0. The fraction of sp³-hybridized carbons (Fsp3) is 0.632. The first-order valence-electron chi connectivity index (χ1n) is 8.77. The number of piperidine rings is 1. The lowest BCUT2D eigenvalue weighted by molar-refractivity contribution is -0.109. The van der Waals surface area contributed by atoms with Gasteiger partial charge in [-0.05, 0) is 69.2 Å². The lowest BCUT2D eigenvalue weighted by Crippen LogP contribution is -2.42. The molecule has 0 aliphatic carbocycles. The van der Waals surface area contributed by atoms with E-state index in [9.17, 15) is 4.79 Å². The van der Waals surface area contributed by atoms with Gasteiger partial charge in [0.05, 0.1) is 6.54 Å². The number of carbonyl (C=O) groups is 1. The Morgan fingerprint density at radius 3 is 2.14 bits per heavy atom. The van der Waals surface area contributed by atoms with Gasteiger partial charge in [-0.25, -0.2) is 0 Å². The molecule has 2 heterocycles. The van der Waals surface area contributed by atoms with Crippen LogP contribution in [0.5, 0.6) is 0 Å². The van der Waals surface area contributed by atoms with Gasteiger partial charge in [-0.15, -0.1) is 0 Å². The van der Waals surface area contributed by atoms with E-state index in [1.54, 1.807) is 0 Å². The van der Waals surface area contributed by atoms with Crippen molar-refractivity contribution < 1.29 is 4.79 Å². The zero-order chi connectivity index (χ0) is 15.3. The molecule has 1 aromatic carbocycles. The highest BCUT2D eigenvalue weighted by molar-refractivity contribution is 5.51. The Morgan fingerprint density at radius 1 is 0.909 bits per heavy atom. The summed E-state index contributed by atoms with van der Waals surface area (Å²) in [7, 11) is 0. The molecule has 3 nitrogen and oxygen atoms in total. The molecule has 22 heavy (non-hydrogen) atoms. The molecule has 2 aliphatic heterocycles. The van der Waals surface area contributed by atoms with Crippen molar-refractivity contribution in [2.75, 3.05) is 37.6 Å². The van der Waals surface area contributed by atoms with Gasteiger partial charge in [-0.1, -0.05) is 18.2 Å². The molecule has 1 aromatic rings. The Kier molecular flexibility index (Phi) is 5.14. The Balaban J connectivity index is 1.55. The molecule has 3 rings (SSSR count). The van der Waals surface area contributed by atoms with Gasteiger partial charge in [0.25, 0.3) is 0 Å². The van der Waals surface area contributed by atoms with Crippen molar-refractivity contribution in [1.29, 1.82) is 0 Å². The Labute approximate surface area is 134 Å². The molecule has 0 bridgehead atoms. The monoisotopic (exact) mass is 300 g/mol. The molecule has 3 heteroatoms. The minimum absolute atomic E-state index is 0.568. The van der Waals surface area contributed by atoms with Crippen LogP contribution in [-0.2, 0) is 4.79 Å². The Hall–Kier alpha value is -1.35. The zero-order valence-electron chi connectivity index (χ0n) is 13.5. The molecular weight excluding hydrogens is 272 g/mol. The Morgan fingerprint density at radius 2 is 1.55 bits per heavy atom. The third kappa shape index (κ3) is 3.70. The van der Waals surface area contributed by atoms with Crippen molar-refractivity contribution in [2.24, 2.45) is 5.41 Å². The Bertz CT molecular complexity index is 454. The molecule has 120 valence electrons. The topological polar surface area (TPSA) is 23.6 Å². The number of hydrogen-bond donors (Lipinski definition) is 0. The minimum Gasteiger partial charge on any atom is -0.371 e. The summed E-state index contributed by atoms with van der Waals surface area (Å²) in [6.45, 7) is 5.21. The fourth-order valence-corrected chi connectivity index (χ4v) is 4.26. The molecule has 0 saturated carbocycles. The molecule has 2 fully saturated rings. The van der Waals surface area contributed by atoms with Crippen LogP contribution < -0.4 is 4.90 Å². The maximum atomic E-state index is 10.7. The third-order valence-electron chi connectivity index (χ3n) is 5.64. The molecule has 2 saturated heterocycles. The number of para-hydroxylation sites is 1. The number of hydrogen-bond acceptors (Lipinski definition) is 3. The SMILES string of the molecule is O=CCN1CCCC2(CCC1)CCN(c1ccccc1)CC2. The van der Waals surface area contributed by atoms with E-state index in [-0.39, 0.29) is 0 Å². The molecule has 0 amide bonds. The lowest BCUT2D eigenvalue weighted by atomic mass is 9.71. The highest BCUT2D eigenvalue weighted by Gasteiger charge is 2.34. The van der Waals surface area contributed by atoms with E-state index in [0.29, 0.717) is 12.0 Å². The lowest BCUT2D eigenvalue weighted by Gasteiger charge is -2.44. The standard InChI is InChI=1S/C19H28N2O/c22-17-16-20-12-4-8-19(9-5-13-20)10-14-21(15-11-19)18-6-2-1-3-7-18/h1-3,6-7,17H,4-5,8-16H2. The van der Waals surface area contributed by atoms with E-state index in [0.717, 1.165) is 19.4 Å². The van der Waals surface area contributed by atoms with Crippen LogP contribution in [0.2, 0.25) is 0 Å². The van der Waals surface area contributed by atoms with E-state index in [2.05, 4.69) is 40.1 Å². The first kappa shape index (κ1) is 15.5. The quantitative estimate of drug-likeness (QED) is 0.800. The zero-order valence-corrected chi connectivity index (χ0v) is 13.5. The maximum absolute atomic E-state index is 10.7. The minimum atomic E-state index is 0.568. The maximum Gasteiger partial charge on any atom is 0.133 e. The number of anilines is 1. The summed E-state index contributed by atoms with van der Waals surface area (Å²) in [6.07, 6.45) is 8.88. The number of carbonyl (C=O) groups excluding carboxylic acids is 1. The van der Waals surface area contributed by atoms with Crippen molar-refractivity contribution >= 4 is 12.0 Å². The number of nitrogens with zero attached hydrogens (tertiary/aromatic N) is 2. The smallest absolute Gasteiger partial charge is 0.133 e. The predicted molar refractivity (Wildman–Crippen MR) is 91.3 cm³/mol. The number of rotatable bonds is 3. The third-order valence-corrected chi connectivity index (χ3v) is 5.64. The summed E-state index contributed by atoms with van der Waals surface area (Å²) in [5.41, 5.74) is 1.94. The second-order valence-electron chi connectivity index (χ2n) is 7.00. The average Bonchev–Trinajstić information content (AvgIpc) is 2.55. The van der Waals surface area contributed by atoms with E-state index in [1.165, 1.54) is 57.3 Å².